The third-order valence-corrected chi connectivity index (χ3v) is 7.15. The fraction of sp³-hybridized carbons (Fsp3) is 1.00. The Labute approximate surface area is 169 Å². The number of hydrogen-bond acceptors (Lipinski definition) is 0. The van der Waals surface area contributed by atoms with Crippen molar-refractivity contribution in [3.8, 4) is 0 Å². The third kappa shape index (κ3) is 15.3. The molecule has 0 aliphatic heterocycles. The summed E-state index contributed by atoms with van der Waals surface area (Å²) in [6.45, 7) is 7.16. The van der Waals surface area contributed by atoms with E-state index in [9.17, 15) is 0 Å². The van der Waals surface area contributed by atoms with Gasteiger partial charge in [-0.05, 0) is 18.3 Å². The number of hydrogen-bond donors (Lipinski definition) is 0. The summed E-state index contributed by atoms with van der Waals surface area (Å²) in [5, 5.41) is 1.18. The van der Waals surface area contributed by atoms with Crippen molar-refractivity contribution < 1.29 is 0 Å². The maximum atomic E-state index is 3.51. The highest BCUT2D eigenvalue weighted by atomic mass is 79.9. The van der Waals surface area contributed by atoms with Gasteiger partial charge in [0.25, 0.3) is 0 Å². The van der Waals surface area contributed by atoms with E-state index in [-0.39, 0.29) is 0 Å². The lowest BCUT2D eigenvalue weighted by Gasteiger charge is -2.30. The number of rotatable bonds is 20. The highest BCUT2D eigenvalue weighted by Gasteiger charge is 2.22. The molecule has 152 valence electrons. The van der Waals surface area contributed by atoms with E-state index in [4.69, 9.17) is 0 Å². The van der Waals surface area contributed by atoms with E-state index in [0.717, 1.165) is 0 Å². The molecule has 25 heavy (non-hydrogen) atoms. The zero-order valence-corrected chi connectivity index (χ0v) is 19.6. The van der Waals surface area contributed by atoms with Gasteiger partial charge in [-0.15, -0.1) is 0 Å². The lowest BCUT2D eigenvalue weighted by Crippen LogP contribution is -2.17. The fourth-order valence-electron chi connectivity index (χ4n) is 4.17. The van der Waals surface area contributed by atoms with Gasteiger partial charge in [0.15, 0.2) is 0 Å². The number of halogens is 1. The summed E-state index contributed by atoms with van der Waals surface area (Å²) in [6, 6.07) is 0. The summed E-state index contributed by atoms with van der Waals surface area (Å²) in [5.74, 6) is 0. The summed E-state index contributed by atoms with van der Waals surface area (Å²) in [7, 11) is 0. The van der Waals surface area contributed by atoms with Crippen LogP contribution < -0.4 is 0 Å². The van der Waals surface area contributed by atoms with Gasteiger partial charge in [-0.2, -0.15) is 0 Å². The van der Waals surface area contributed by atoms with E-state index in [0.29, 0.717) is 5.41 Å². The van der Waals surface area contributed by atoms with Gasteiger partial charge < -0.3 is 0 Å². The van der Waals surface area contributed by atoms with E-state index in [1.54, 1.807) is 0 Å². The van der Waals surface area contributed by atoms with Gasteiger partial charge in [-0.3, -0.25) is 0 Å². The second-order valence-electron chi connectivity index (χ2n) is 8.30. The van der Waals surface area contributed by atoms with Crippen LogP contribution in [0.25, 0.3) is 0 Å². The summed E-state index contributed by atoms with van der Waals surface area (Å²) in [6.07, 6.45) is 27.5. The zero-order valence-electron chi connectivity index (χ0n) is 18.0. The molecule has 0 nitrogen and oxygen atoms in total. The average Bonchev–Trinajstić information content (AvgIpc) is 2.65. The molecule has 1 heteroatoms. The molecule has 0 amide bonds. The average molecular weight is 418 g/mol. The second kappa shape index (κ2) is 19.2. The topological polar surface area (TPSA) is 0 Å². The van der Waals surface area contributed by atoms with Gasteiger partial charge in [0, 0.05) is 5.33 Å². The first-order chi connectivity index (χ1) is 12.2. The summed E-state index contributed by atoms with van der Waals surface area (Å²) < 4.78 is 0. The second-order valence-corrected chi connectivity index (χ2v) is 9.10. The Bertz CT molecular complexity index is 236. The monoisotopic (exact) mass is 416 g/mol. The molecule has 0 N–H and O–H groups in total. The van der Waals surface area contributed by atoms with Crippen molar-refractivity contribution in [2.24, 2.45) is 5.41 Å². The first-order valence-corrected chi connectivity index (χ1v) is 12.9. The van der Waals surface area contributed by atoms with Gasteiger partial charge in [0.1, 0.15) is 0 Å². The molecule has 0 fully saturated rings. The van der Waals surface area contributed by atoms with Gasteiger partial charge in [-0.1, -0.05) is 146 Å². The van der Waals surface area contributed by atoms with Crippen LogP contribution in [0.15, 0.2) is 0 Å². The van der Waals surface area contributed by atoms with E-state index in [2.05, 4.69) is 36.7 Å². The van der Waals surface area contributed by atoms with Crippen LogP contribution in [-0.2, 0) is 0 Å². The first-order valence-electron chi connectivity index (χ1n) is 11.8. The predicted octanol–water partition coefficient (Wildman–Crippen LogP) is 9.84. The van der Waals surface area contributed by atoms with Crippen molar-refractivity contribution in [2.45, 2.75) is 143 Å². The van der Waals surface area contributed by atoms with Crippen LogP contribution in [0.1, 0.15) is 143 Å². The van der Waals surface area contributed by atoms with Crippen molar-refractivity contribution in [3.05, 3.63) is 0 Å². The fourth-order valence-corrected chi connectivity index (χ4v) is 4.57. The molecule has 0 atom stereocenters. The molecule has 0 spiro atoms. The molecule has 0 aromatic carbocycles. The molecule has 0 bridgehead atoms. The SMILES string of the molecule is CCC(CC)(CC)CCCCCCCCCCCCCCCCCBr. The lowest BCUT2D eigenvalue weighted by molar-refractivity contribution is 0.220. The molecular weight excluding hydrogens is 368 g/mol. The van der Waals surface area contributed by atoms with Crippen molar-refractivity contribution in [1.82, 2.24) is 0 Å². The van der Waals surface area contributed by atoms with Crippen LogP contribution in [0.3, 0.4) is 0 Å². The molecular formula is C24H49Br. The summed E-state index contributed by atoms with van der Waals surface area (Å²) >= 11 is 3.51. The minimum atomic E-state index is 0.661. The normalized spacial score (nSPS) is 12.0. The van der Waals surface area contributed by atoms with Crippen LogP contribution in [0.5, 0.6) is 0 Å². The molecule has 0 saturated heterocycles. The number of unbranched alkanes of at least 4 members (excludes halogenated alkanes) is 14. The Morgan fingerprint density at radius 1 is 0.440 bits per heavy atom. The van der Waals surface area contributed by atoms with Crippen LogP contribution in [0.2, 0.25) is 0 Å². The molecule has 0 saturated carbocycles. The summed E-state index contributed by atoms with van der Waals surface area (Å²) in [4.78, 5) is 0. The molecule has 0 unspecified atom stereocenters. The van der Waals surface area contributed by atoms with Crippen molar-refractivity contribution in [1.29, 1.82) is 0 Å². The van der Waals surface area contributed by atoms with E-state index in [1.807, 2.05) is 0 Å². The maximum Gasteiger partial charge on any atom is 0.00313 e. The minimum absolute atomic E-state index is 0.661. The lowest BCUT2D eigenvalue weighted by atomic mass is 9.75. The number of alkyl halides is 1. The quantitative estimate of drug-likeness (QED) is 0.137. The molecule has 0 radical (unpaired) electrons. The molecule has 0 rings (SSSR count). The van der Waals surface area contributed by atoms with Gasteiger partial charge >= 0.3 is 0 Å². The third-order valence-electron chi connectivity index (χ3n) is 6.59. The Balaban J connectivity index is 3.21. The largest absolute Gasteiger partial charge is 0.0928 e. The first kappa shape index (κ1) is 25.5. The molecule has 0 aromatic heterocycles. The van der Waals surface area contributed by atoms with Gasteiger partial charge in [0.2, 0.25) is 0 Å². The maximum absolute atomic E-state index is 3.51. The highest BCUT2D eigenvalue weighted by Crippen LogP contribution is 2.36. The van der Waals surface area contributed by atoms with E-state index < -0.39 is 0 Å². The molecule has 0 aromatic rings. The molecule has 0 aliphatic rings. The van der Waals surface area contributed by atoms with Crippen molar-refractivity contribution >= 4 is 15.9 Å². The van der Waals surface area contributed by atoms with Crippen LogP contribution >= 0.6 is 15.9 Å². The highest BCUT2D eigenvalue weighted by molar-refractivity contribution is 9.09. The minimum Gasteiger partial charge on any atom is -0.0928 e. The Hall–Kier alpha value is 0.480. The van der Waals surface area contributed by atoms with Crippen LogP contribution in [0.4, 0.5) is 0 Å². The Kier molecular flexibility index (Phi) is 19.6. The smallest absolute Gasteiger partial charge is 0.00313 e. The predicted molar refractivity (Wildman–Crippen MR) is 121 cm³/mol. The Morgan fingerprint density at radius 3 is 1.00 bits per heavy atom. The molecule has 0 heterocycles. The standard InChI is InChI=1S/C24H49Br/c1-4-24(5-2,6-3)22-20-18-16-14-12-10-8-7-9-11-13-15-17-19-21-23-25/h4-23H2,1-3H3. The Morgan fingerprint density at radius 2 is 0.720 bits per heavy atom. The zero-order chi connectivity index (χ0) is 18.6. The molecule has 0 aliphatic carbocycles. The van der Waals surface area contributed by atoms with Crippen LogP contribution in [0, 0.1) is 5.41 Å². The van der Waals surface area contributed by atoms with Gasteiger partial charge in [-0.25, -0.2) is 0 Å². The van der Waals surface area contributed by atoms with Crippen LogP contribution in [-0.4, -0.2) is 5.33 Å². The van der Waals surface area contributed by atoms with Crippen molar-refractivity contribution in [2.75, 3.05) is 5.33 Å². The van der Waals surface area contributed by atoms with Gasteiger partial charge in [0.05, 0.1) is 0 Å². The van der Waals surface area contributed by atoms with Crippen molar-refractivity contribution in [3.63, 3.8) is 0 Å². The van der Waals surface area contributed by atoms with E-state index >= 15 is 0 Å². The summed E-state index contributed by atoms with van der Waals surface area (Å²) in [5.41, 5.74) is 0.661. The van der Waals surface area contributed by atoms with E-state index in [1.165, 1.54) is 127 Å².